The molecule has 0 atom stereocenters. The van der Waals surface area contributed by atoms with Gasteiger partial charge in [-0.2, -0.15) is 5.10 Å². The molecule has 0 spiro atoms. The van der Waals surface area contributed by atoms with E-state index in [2.05, 4.69) is 36.6 Å². The van der Waals surface area contributed by atoms with Crippen LogP contribution in [0.4, 0.5) is 5.69 Å². The van der Waals surface area contributed by atoms with E-state index in [-0.39, 0.29) is 0 Å². The first-order chi connectivity index (χ1) is 8.79. The zero-order valence-electron chi connectivity index (χ0n) is 9.51. The Morgan fingerprint density at radius 3 is 3.06 bits per heavy atom. The number of nitrogens with one attached hydrogen (secondary N) is 1. The van der Waals surface area contributed by atoms with E-state index in [0.29, 0.717) is 17.0 Å². The van der Waals surface area contributed by atoms with Crippen molar-refractivity contribution in [1.82, 2.24) is 15.4 Å². The van der Waals surface area contributed by atoms with E-state index in [9.17, 15) is 0 Å². The molecular formula is C12H9BrN4O. The second-order valence-corrected chi connectivity index (χ2v) is 4.58. The van der Waals surface area contributed by atoms with E-state index in [1.165, 1.54) is 0 Å². The van der Waals surface area contributed by atoms with Crippen LogP contribution in [0.25, 0.3) is 22.4 Å². The van der Waals surface area contributed by atoms with Crippen LogP contribution in [0.5, 0.6) is 0 Å². The normalized spacial score (nSPS) is 10.8. The summed E-state index contributed by atoms with van der Waals surface area (Å²) in [6.07, 6.45) is 1.65. The lowest BCUT2D eigenvalue weighted by atomic mass is 10.1. The molecular weight excluding hydrogens is 296 g/mol. The summed E-state index contributed by atoms with van der Waals surface area (Å²) >= 11 is 3.43. The summed E-state index contributed by atoms with van der Waals surface area (Å²) < 4.78 is 6.19. The predicted octanol–water partition coefficient (Wildman–Crippen LogP) is 3.09. The quantitative estimate of drug-likeness (QED) is 0.788. The second kappa shape index (κ2) is 4.38. The number of halogens is 1. The van der Waals surface area contributed by atoms with Crippen LogP contribution in [-0.4, -0.2) is 22.4 Å². The first-order valence-electron chi connectivity index (χ1n) is 5.34. The average Bonchev–Trinajstić information content (AvgIpc) is 2.84. The van der Waals surface area contributed by atoms with Crippen molar-refractivity contribution in [3.8, 4) is 11.4 Å². The van der Waals surface area contributed by atoms with Crippen LogP contribution >= 0.6 is 15.9 Å². The van der Waals surface area contributed by atoms with Crippen LogP contribution in [0.15, 0.2) is 39.5 Å². The summed E-state index contributed by atoms with van der Waals surface area (Å²) in [5.41, 5.74) is 2.96. The summed E-state index contributed by atoms with van der Waals surface area (Å²) in [4.78, 5) is 0. The number of anilines is 1. The molecule has 0 amide bonds. The van der Waals surface area contributed by atoms with Crippen molar-refractivity contribution >= 4 is 32.6 Å². The summed E-state index contributed by atoms with van der Waals surface area (Å²) in [6, 6.07) is 7.67. The molecule has 2 aromatic heterocycles. The van der Waals surface area contributed by atoms with Crippen molar-refractivity contribution in [2.24, 2.45) is 0 Å². The van der Waals surface area contributed by atoms with Gasteiger partial charge >= 0.3 is 0 Å². The lowest BCUT2D eigenvalue weighted by Gasteiger charge is -2.00. The van der Waals surface area contributed by atoms with Crippen molar-refractivity contribution in [3.63, 3.8) is 0 Å². The van der Waals surface area contributed by atoms with Gasteiger partial charge in [-0.15, -0.1) is 5.10 Å². The van der Waals surface area contributed by atoms with Gasteiger partial charge in [-0.25, -0.2) is 0 Å². The molecule has 1 N–H and O–H groups in total. The van der Waals surface area contributed by atoms with E-state index < -0.39 is 0 Å². The molecule has 0 aliphatic carbocycles. The summed E-state index contributed by atoms with van der Waals surface area (Å²) in [5, 5.41) is 16.0. The van der Waals surface area contributed by atoms with Crippen LogP contribution in [0, 0.1) is 0 Å². The van der Waals surface area contributed by atoms with Crippen LogP contribution in [0.1, 0.15) is 0 Å². The fourth-order valence-corrected chi connectivity index (χ4v) is 2.17. The molecule has 6 heteroatoms. The minimum Gasteiger partial charge on any atom is -0.387 e. The van der Waals surface area contributed by atoms with Gasteiger partial charge in [-0.1, -0.05) is 11.2 Å². The Bertz CT molecular complexity index is 710. The molecule has 3 rings (SSSR count). The van der Waals surface area contributed by atoms with Gasteiger partial charge in [0.1, 0.15) is 11.4 Å². The Morgan fingerprint density at radius 1 is 1.33 bits per heavy atom. The molecule has 0 aliphatic rings. The minimum atomic E-state index is 0.679. The van der Waals surface area contributed by atoms with Gasteiger partial charge in [-0.3, -0.25) is 0 Å². The fourth-order valence-electron chi connectivity index (χ4n) is 1.73. The molecule has 1 aromatic carbocycles. The third-order valence-electron chi connectivity index (χ3n) is 2.64. The Hall–Kier alpha value is -1.95. The summed E-state index contributed by atoms with van der Waals surface area (Å²) in [5.74, 6) is 0. The predicted molar refractivity (Wildman–Crippen MR) is 72.3 cm³/mol. The molecule has 5 nitrogen and oxygen atoms in total. The molecule has 0 aliphatic heterocycles. The molecule has 0 unspecified atom stereocenters. The zero-order chi connectivity index (χ0) is 12.5. The topological polar surface area (TPSA) is 63.8 Å². The Morgan fingerprint density at radius 2 is 2.22 bits per heavy atom. The first-order valence-corrected chi connectivity index (χ1v) is 6.13. The Balaban J connectivity index is 2.22. The fraction of sp³-hybridized carbons (Fsp3) is 0.0833. The van der Waals surface area contributed by atoms with Gasteiger partial charge in [0.05, 0.1) is 21.7 Å². The zero-order valence-corrected chi connectivity index (χ0v) is 11.1. The van der Waals surface area contributed by atoms with Crippen molar-refractivity contribution in [1.29, 1.82) is 0 Å². The standard InChI is InChI=1S/C12H9BrN4O/c1-14-7-5-10(16-15-6-7)11-8-3-2-4-9(13)12(8)18-17-11/h2-6H,1H3,(H,14,16). The highest BCUT2D eigenvalue weighted by Crippen LogP contribution is 2.31. The van der Waals surface area contributed by atoms with E-state index in [1.807, 2.05) is 31.3 Å². The van der Waals surface area contributed by atoms with Crippen molar-refractivity contribution in [2.75, 3.05) is 12.4 Å². The van der Waals surface area contributed by atoms with E-state index in [1.54, 1.807) is 6.20 Å². The number of benzene rings is 1. The molecule has 0 saturated carbocycles. The van der Waals surface area contributed by atoms with Gasteiger partial charge in [-0.05, 0) is 34.1 Å². The Labute approximate surface area is 111 Å². The van der Waals surface area contributed by atoms with E-state index in [0.717, 1.165) is 15.5 Å². The minimum absolute atomic E-state index is 0.679. The molecule has 0 saturated heterocycles. The van der Waals surface area contributed by atoms with Crippen molar-refractivity contribution < 1.29 is 4.52 Å². The molecule has 18 heavy (non-hydrogen) atoms. The molecule has 2 heterocycles. The monoisotopic (exact) mass is 304 g/mol. The van der Waals surface area contributed by atoms with Crippen LogP contribution in [-0.2, 0) is 0 Å². The number of aromatic nitrogens is 3. The third kappa shape index (κ3) is 1.74. The molecule has 0 bridgehead atoms. The maximum atomic E-state index is 5.32. The number of rotatable bonds is 2. The maximum Gasteiger partial charge on any atom is 0.181 e. The van der Waals surface area contributed by atoms with Crippen LogP contribution < -0.4 is 5.32 Å². The highest BCUT2D eigenvalue weighted by atomic mass is 79.9. The molecule has 3 aromatic rings. The van der Waals surface area contributed by atoms with Gasteiger partial charge in [0.25, 0.3) is 0 Å². The lowest BCUT2D eigenvalue weighted by Crippen LogP contribution is -1.93. The molecule has 0 fully saturated rings. The van der Waals surface area contributed by atoms with Crippen LogP contribution in [0.2, 0.25) is 0 Å². The van der Waals surface area contributed by atoms with Gasteiger partial charge in [0, 0.05) is 7.05 Å². The van der Waals surface area contributed by atoms with E-state index in [4.69, 9.17) is 4.52 Å². The largest absolute Gasteiger partial charge is 0.387 e. The van der Waals surface area contributed by atoms with Crippen molar-refractivity contribution in [3.05, 3.63) is 34.9 Å². The Kier molecular flexibility index (Phi) is 2.71. The molecule has 90 valence electrons. The third-order valence-corrected chi connectivity index (χ3v) is 3.26. The van der Waals surface area contributed by atoms with Gasteiger partial charge < -0.3 is 9.84 Å². The highest BCUT2D eigenvalue weighted by molar-refractivity contribution is 9.10. The second-order valence-electron chi connectivity index (χ2n) is 3.73. The average molecular weight is 305 g/mol. The highest BCUT2D eigenvalue weighted by Gasteiger charge is 2.14. The SMILES string of the molecule is CNc1cnnc(-c2noc3c(Br)cccc23)c1. The molecule has 0 radical (unpaired) electrons. The maximum absolute atomic E-state index is 5.32. The summed E-state index contributed by atoms with van der Waals surface area (Å²) in [7, 11) is 1.83. The van der Waals surface area contributed by atoms with E-state index >= 15 is 0 Å². The lowest BCUT2D eigenvalue weighted by molar-refractivity contribution is 0.458. The van der Waals surface area contributed by atoms with Gasteiger partial charge in [0.2, 0.25) is 0 Å². The van der Waals surface area contributed by atoms with Gasteiger partial charge in [0.15, 0.2) is 5.58 Å². The number of hydrogen-bond acceptors (Lipinski definition) is 5. The van der Waals surface area contributed by atoms with Crippen LogP contribution in [0.3, 0.4) is 0 Å². The van der Waals surface area contributed by atoms with Crippen molar-refractivity contribution in [2.45, 2.75) is 0 Å². The summed E-state index contributed by atoms with van der Waals surface area (Å²) in [6.45, 7) is 0. The number of nitrogens with zero attached hydrogens (tertiary/aromatic N) is 3. The first kappa shape index (κ1) is 11.2. The number of para-hydroxylation sites is 1. The number of fused-ring (bicyclic) bond motifs is 1. The smallest absolute Gasteiger partial charge is 0.181 e. The number of hydrogen-bond donors (Lipinski definition) is 1.